The third-order valence-electron chi connectivity index (χ3n) is 6.94. The summed E-state index contributed by atoms with van der Waals surface area (Å²) in [5.74, 6) is 1.11. The van der Waals surface area contributed by atoms with Crippen molar-refractivity contribution in [3.05, 3.63) is 51.2 Å². The van der Waals surface area contributed by atoms with Crippen molar-refractivity contribution >= 4 is 17.2 Å². The highest BCUT2D eigenvalue weighted by Gasteiger charge is 2.41. The van der Waals surface area contributed by atoms with E-state index in [2.05, 4.69) is 41.6 Å². The fourth-order valence-corrected chi connectivity index (χ4v) is 5.79. The molecule has 2 saturated heterocycles. The first kappa shape index (κ1) is 22.3. The normalized spacial score (nSPS) is 23.1. The summed E-state index contributed by atoms with van der Waals surface area (Å²) < 4.78 is 11.0. The lowest BCUT2D eigenvalue weighted by atomic mass is 9.95. The Morgan fingerprint density at radius 2 is 1.90 bits per heavy atom. The number of nitrogens with zero attached hydrogens (tertiary/aromatic N) is 1. The van der Waals surface area contributed by atoms with Gasteiger partial charge in [0.2, 0.25) is 5.91 Å². The van der Waals surface area contributed by atoms with Crippen molar-refractivity contribution in [1.82, 2.24) is 10.2 Å². The summed E-state index contributed by atoms with van der Waals surface area (Å²) in [7, 11) is 1.69. The third kappa shape index (κ3) is 5.30. The summed E-state index contributed by atoms with van der Waals surface area (Å²) in [5, 5.41) is 7.40. The number of amides is 1. The van der Waals surface area contributed by atoms with Gasteiger partial charge in [-0.15, -0.1) is 0 Å². The average Bonchev–Trinajstić information content (AvgIpc) is 3.33. The predicted octanol–water partition coefficient (Wildman–Crippen LogP) is 4.24. The number of hydrogen-bond acceptors (Lipinski definition) is 5. The van der Waals surface area contributed by atoms with Crippen LogP contribution in [-0.4, -0.2) is 49.3 Å². The molecule has 2 aliphatic rings. The van der Waals surface area contributed by atoms with Crippen LogP contribution in [0.25, 0.3) is 0 Å². The molecule has 2 fully saturated rings. The fourth-order valence-electron chi connectivity index (χ4n) is 5.12. The number of nitrogens with one attached hydrogen (secondary N) is 1. The van der Waals surface area contributed by atoms with Crippen LogP contribution in [0.1, 0.15) is 47.9 Å². The molecule has 6 heteroatoms. The van der Waals surface area contributed by atoms with Crippen LogP contribution in [0, 0.1) is 13.8 Å². The zero-order valence-electron chi connectivity index (χ0n) is 18.9. The maximum Gasteiger partial charge on any atom is 0.224 e. The molecule has 5 nitrogen and oxygen atoms in total. The molecule has 2 aromatic rings. The molecule has 1 N–H and O–H groups in total. The molecular formula is C25H34N2O3S. The average molecular weight is 443 g/mol. The van der Waals surface area contributed by atoms with Crippen molar-refractivity contribution in [2.45, 2.75) is 70.6 Å². The minimum absolute atomic E-state index is 0.159. The summed E-state index contributed by atoms with van der Waals surface area (Å²) in [6.07, 6.45) is 5.08. The van der Waals surface area contributed by atoms with Gasteiger partial charge in [0.05, 0.1) is 13.0 Å². The molecule has 1 aromatic carbocycles. The lowest BCUT2D eigenvalue weighted by Crippen LogP contribution is -2.50. The molecule has 2 aliphatic heterocycles. The monoisotopic (exact) mass is 442 g/mol. The van der Waals surface area contributed by atoms with E-state index in [-0.39, 0.29) is 5.91 Å². The zero-order chi connectivity index (χ0) is 21.8. The van der Waals surface area contributed by atoms with Gasteiger partial charge < -0.3 is 14.8 Å². The van der Waals surface area contributed by atoms with Crippen LogP contribution in [0.2, 0.25) is 0 Å². The van der Waals surface area contributed by atoms with Crippen LogP contribution >= 0.6 is 11.3 Å². The molecule has 0 spiro atoms. The number of fused-ring (bicyclic) bond motifs is 2. The molecule has 2 bridgehead atoms. The second-order valence-electron chi connectivity index (χ2n) is 8.92. The number of thiophene rings is 1. The highest BCUT2D eigenvalue weighted by molar-refractivity contribution is 7.08. The van der Waals surface area contributed by atoms with Gasteiger partial charge in [-0.05, 0) is 84.7 Å². The summed E-state index contributed by atoms with van der Waals surface area (Å²) in [6, 6.07) is 7.78. The van der Waals surface area contributed by atoms with Gasteiger partial charge in [-0.1, -0.05) is 6.07 Å². The van der Waals surface area contributed by atoms with Gasteiger partial charge in [0, 0.05) is 31.8 Å². The lowest BCUT2D eigenvalue weighted by molar-refractivity contribution is -0.121. The van der Waals surface area contributed by atoms with E-state index in [1.807, 2.05) is 11.4 Å². The van der Waals surface area contributed by atoms with E-state index in [0.717, 1.165) is 30.7 Å². The summed E-state index contributed by atoms with van der Waals surface area (Å²) in [4.78, 5) is 15.1. The first-order valence-corrected chi connectivity index (χ1v) is 12.3. The van der Waals surface area contributed by atoms with Gasteiger partial charge in [0.15, 0.2) is 0 Å². The Balaban J connectivity index is 1.34. The number of piperidine rings is 1. The Kier molecular flexibility index (Phi) is 7.31. The first-order chi connectivity index (χ1) is 15.0. The molecule has 168 valence electrons. The van der Waals surface area contributed by atoms with E-state index in [1.54, 1.807) is 18.4 Å². The van der Waals surface area contributed by atoms with Crippen LogP contribution < -0.4 is 10.1 Å². The minimum atomic E-state index is 0.159. The highest BCUT2D eigenvalue weighted by Crippen LogP contribution is 2.38. The lowest BCUT2D eigenvalue weighted by Gasteiger charge is -2.39. The van der Waals surface area contributed by atoms with E-state index in [4.69, 9.17) is 9.47 Å². The minimum Gasteiger partial charge on any atom is -0.491 e. The van der Waals surface area contributed by atoms with Crippen molar-refractivity contribution in [2.75, 3.05) is 20.3 Å². The van der Waals surface area contributed by atoms with Gasteiger partial charge in [0.25, 0.3) is 0 Å². The van der Waals surface area contributed by atoms with Crippen molar-refractivity contribution < 1.29 is 14.3 Å². The maximum absolute atomic E-state index is 12.5. The highest BCUT2D eigenvalue weighted by atomic mass is 32.1. The smallest absolute Gasteiger partial charge is 0.224 e. The van der Waals surface area contributed by atoms with Crippen molar-refractivity contribution in [3.63, 3.8) is 0 Å². The van der Waals surface area contributed by atoms with E-state index >= 15 is 0 Å². The summed E-state index contributed by atoms with van der Waals surface area (Å²) >= 11 is 1.65. The Labute approximate surface area is 189 Å². The van der Waals surface area contributed by atoms with Crippen LogP contribution in [0.4, 0.5) is 0 Å². The van der Waals surface area contributed by atoms with Crippen molar-refractivity contribution in [3.8, 4) is 5.75 Å². The standard InChI is InChI=1S/C25H34N2O3S/c1-17-18(2)24(30-10-9-29-3)7-4-20(17)15-27-22-5-6-23(27)14-21(13-22)26-25(28)12-19-8-11-31-16-19/h4,7-8,11,16,21-23H,5-6,9-10,12-15H2,1-3H3,(H,26,28). The van der Waals surface area contributed by atoms with Crippen LogP contribution in [0.3, 0.4) is 0 Å². The molecular weight excluding hydrogens is 408 g/mol. The SMILES string of the molecule is COCCOc1ccc(CN2C3CCC2CC(NC(=O)Cc2ccsc2)C3)c(C)c1C. The maximum atomic E-state index is 12.5. The Morgan fingerprint density at radius 1 is 1.13 bits per heavy atom. The fraction of sp³-hybridized carbons (Fsp3) is 0.560. The topological polar surface area (TPSA) is 50.8 Å². The van der Waals surface area contributed by atoms with Crippen molar-refractivity contribution in [1.29, 1.82) is 0 Å². The van der Waals surface area contributed by atoms with Crippen LogP contribution in [-0.2, 0) is 22.5 Å². The largest absolute Gasteiger partial charge is 0.491 e. The molecule has 0 radical (unpaired) electrons. The number of ether oxygens (including phenoxy) is 2. The van der Waals surface area contributed by atoms with Crippen LogP contribution in [0.5, 0.6) is 5.75 Å². The number of rotatable bonds is 9. The zero-order valence-corrected chi connectivity index (χ0v) is 19.7. The van der Waals surface area contributed by atoms with Gasteiger partial charge in [0.1, 0.15) is 12.4 Å². The number of methoxy groups -OCH3 is 1. The number of benzene rings is 1. The molecule has 0 aliphatic carbocycles. The van der Waals surface area contributed by atoms with Gasteiger partial charge in [-0.3, -0.25) is 9.69 Å². The molecule has 31 heavy (non-hydrogen) atoms. The number of carbonyl (C=O) groups excluding carboxylic acids is 1. The summed E-state index contributed by atoms with van der Waals surface area (Å²) in [6.45, 7) is 6.50. The first-order valence-electron chi connectivity index (χ1n) is 11.3. The van der Waals surface area contributed by atoms with E-state index in [1.165, 1.54) is 29.5 Å². The van der Waals surface area contributed by atoms with Crippen LogP contribution in [0.15, 0.2) is 29.0 Å². The number of carbonyl (C=O) groups is 1. The molecule has 2 atom stereocenters. The number of hydrogen-bond donors (Lipinski definition) is 1. The Bertz CT molecular complexity index is 869. The van der Waals surface area contributed by atoms with Gasteiger partial charge >= 0.3 is 0 Å². The summed E-state index contributed by atoms with van der Waals surface area (Å²) in [5.41, 5.74) is 5.04. The molecule has 2 unspecified atom stereocenters. The van der Waals surface area contributed by atoms with Gasteiger partial charge in [-0.2, -0.15) is 11.3 Å². The van der Waals surface area contributed by atoms with Crippen molar-refractivity contribution in [2.24, 2.45) is 0 Å². The second kappa shape index (κ2) is 10.2. The Hall–Kier alpha value is -1.89. The molecule has 1 amide bonds. The predicted molar refractivity (Wildman–Crippen MR) is 125 cm³/mol. The quantitative estimate of drug-likeness (QED) is 0.590. The molecule has 1 aromatic heterocycles. The van der Waals surface area contributed by atoms with E-state index in [0.29, 0.717) is 37.8 Å². The Morgan fingerprint density at radius 3 is 2.58 bits per heavy atom. The van der Waals surface area contributed by atoms with E-state index < -0.39 is 0 Å². The molecule has 4 rings (SSSR count). The third-order valence-corrected chi connectivity index (χ3v) is 7.67. The molecule has 3 heterocycles. The van der Waals surface area contributed by atoms with Gasteiger partial charge in [-0.25, -0.2) is 0 Å². The van der Waals surface area contributed by atoms with E-state index in [9.17, 15) is 4.79 Å². The second-order valence-corrected chi connectivity index (χ2v) is 9.70. The molecule has 0 saturated carbocycles.